The second-order valence-corrected chi connectivity index (χ2v) is 7.38. The number of hydrogen-bond donors (Lipinski definition) is 1. The molecule has 1 fully saturated rings. The average molecular weight is 410 g/mol. The number of hydrogen-bond acceptors (Lipinski definition) is 4. The number of benzene rings is 1. The zero-order chi connectivity index (χ0) is 20.3. The van der Waals surface area contributed by atoms with Gasteiger partial charge in [-0.15, -0.1) is 0 Å². The highest BCUT2D eigenvalue weighted by molar-refractivity contribution is 7.80. The summed E-state index contributed by atoms with van der Waals surface area (Å²) in [5.74, 6) is -2.45. The summed E-state index contributed by atoms with van der Waals surface area (Å²) >= 11 is 5.56. The van der Waals surface area contributed by atoms with Crippen molar-refractivity contribution in [2.45, 2.75) is 44.7 Å². The molecule has 1 heterocycles. The van der Waals surface area contributed by atoms with Gasteiger partial charge in [0.05, 0.1) is 18.2 Å². The summed E-state index contributed by atoms with van der Waals surface area (Å²) in [6.45, 7) is 2.20. The molecule has 28 heavy (non-hydrogen) atoms. The third kappa shape index (κ3) is 4.17. The first-order valence-corrected chi connectivity index (χ1v) is 9.76. The van der Waals surface area contributed by atoms with Crippen LogP contribution in [0.5, 0.6) is 0 Å². The summed E-state index contributed by atoms with van der Waals surface area (Å²) in [5, 5.41) is 3.62. The van der Waals surface area contributed by atoms with Crippen molar-refractivity contribution >= 4 is 23.3 Å². The molecular weight excluding hydrogens is 386 g/mol. The Morgan fingerprint density at radius 1 is 1.25 bits per heavy atom. The Bertz CT molecular complexity index is 794. The van der Waals surface area contributed by atoms with Crippen LogP contribution in [0.3, 0.4) is 0 Å². The molecule has 1 aliphatic heterocycles. The summed E-state index contributed by atoms with van der Waals surface area (Å²) in [6, 6.07) is 3.07. The molecule has 1 saturated carbocycles. The average Bonchev–Trinajstić information content (AvgIpc) is 3.18. The van der Waals surface area contributed by atoms with Gasteiger partial charge < -0.3 is 19.7 Å². The lowest BCUT2D eigenvalue weighted by Gasteiger charge is -2.40. The molecular formula is C20H24F2N2O3S. The Kier molecular flexibility index (Phi) is 6.61. The van der Waals surface area contributed by atoms with Crippen LogP contribution in [0.15, 0.2) is 29.5 Å². The van der Waals surface area contributed by atoms with Gasteiger partial charge in [0.25, 0.3) is 0 Å². The third-order valence-corrected chi connectivity index (χ3v) is 5.55. The van der Waals surface area contributed by atoms with Crippen molar-refractivity contribution in [2.24, 2.45) is 0 Å². The molecule has 0 amide bonds. The number of nitrogens with one attached hydrogen (secondary N) is 1. The van der Waals surface area contributed by atoms with Crippen LogP contribution in [-0.4, -0.2) is 42.3 Å². The van der Waals surface area contributed by atoms with Crippen LogP contribution in [0.4, 0.5) is 8.78 Å². The maximum Gasteiger partial charge on any atom is 0.338 e. The van der Waals surface area contributed by atoms with Crippen molar-refractivity contribution in [2.75, 3.05) is 20.3 Å². The van der Waals surface area contributed by atoms with Gasteiger partial charge in [0, 0.05) is 18.8 Å². The van der Waals surface area contributed by atoms with Crippen molar-refractivity contribution in [3.8, 4) is 0 Å². The smallest absolute Gasteiger partial charge is 0.338 e. The Labute approximate surface area is 168 Å². The topological polar surface area (TPSA) is 50.8 Å². The van der Waals surface area contributed by atoms with Gasteiger partial charge in [-0.3, -0.25) is 0 Å². The lowest BCUT2D eigenvalue weighted by atomic mass is 9.94. The minimum Gasteiger partial charge on any atom is -0.460 e. The highest BCUT2D eigenvalue weighted by atomic mass is 32.1. The lowest BCUT2D eigenvalue weighted by Crippen LogP contribution is -2.51. The maximum atomic E-state index is 13.8. The number of rotatable bonds is 6. The maximum absolute atomic E-state index is 13.8. The minimum absolute atomic E-state index is 0.102. The molecule has 1 N–H and O–H groups in total. The number of methoxy groups -OCH3 is 1. The fourth-order valence-corrected chi connectivity index (χ4v) is 4.27. The van der Waals surface area contributed by atoms with Crippen LogP contribution in [0.25, 0.3) is 0 Å². The summed E-state index contributed by atoms with van der Waals surface area (Å²) in [7, 11) is 1.52. The van der Waals surface area contributed by atoms with Crippen molar-refractivity contribution in [3.63, 3.8) is 0 Å². The predicted octanol–water partition coefficient (Wildman–Crippen LogP) is 3.60. The van der Waals surface area contributed by atoms with Gasteiger partial charge >= 0.3 is 5.97 Å². The Morgan fingerprint density at radius 3 is 2.61 bits per heavy atom. The highest BCUT2D eigenvalue weighted by Gasteiger charge is 2.38. The summed E-state index contributed by atoms with van der Waals surface area (Å²) < 4.78 is 37.5. The van der Waals surface area contributed by atoms with E-state index in [0.29, 0.717) is 21.9 Å². The number of esters is 1. The predicted molar refractivity (Wildman–Crippen MR) is 104 cm³/mol. The van der Waals surface area contributed by atoms with E-state index in [0.717, 1.165) is 37.8 Å². The van der Waals surface area contributed by atoms with E-state index in [1.165, 1.54) is 13.2 Å². The van der Waals surface area contributed by atoms with Crippen molar-refractivity contribution in [3.05, 3.63) is 46.7 Å². The molecule has 1 aromatic carbocycles. The monoisotopic (exact) mass is 410 g/mol. The Hall–Kier alpha value is -2.06. The van der Waals surface area contributed by atoms with Gasteiger partial charge in [0.15, 0.2) is 16.7 Å². The van der Waals surface area contributed by atoms with Crippen LogP contribution < -0.4 is 5.32 Å². The van der Waals surface area contributed by atoms with Crippen LogP contribution >= 0.6 is 12.2 Å². The van der Waals surface area contributed by atoms with E-state index >= 15 is 0 Å². The molecule has 0 spiro atoms. The molecule has 0 radical (unpaired) electrons. The SMILES string of the molecule is COCCOC(=O)C1=C(C)N(C2CCCC2)C(=S)N[C@@H]1c1ccc(F)c(F)c1. The Balaban J connectivity index is 2.00. The molecule has 5 nitrogen and oxygen atoms in total. The molecule has 0 unspecified atom stereocenters. The lowest BCUT2D eigenvalue weighted by molar-refractivity contribution is -0.140. The molecule has 1 aliphatic carbocycles. The van der Waals surface area contributed by atoms with Crippen molar-refractivity contribution in [1.29, 1.82) is 0 Å². The van der Waals surface area contributed by atoms with E-state index in [2.05, 4.69) is 5.32 Å². The summed E-state index contributed by atoms with van der Waals surface area (Å²) in [5.41, 5.74) is 1.45. The second kappa shape index (κ2) is 8.96. The number of carbonyl (C=O) groups is 1. The molecule has 1 atom stereocenters. The van der Waals surface area contributed by atoms with Gasteiger partial charge in [-0.2, -0.15) is 0 Å². The molecule has 152 valence electrons. The second-order valence-electron chi connectivity index (χ2n) is 6.99. The standard InChI is InChI=1S/C20H24F2N2O3S/c1-12-17(19(25)27-10-9-26-2)18(13-7-8-15(21)16(22)11-13)23-20(28)24(12)14-5-3-4-6-14/h7-8,11,14,18H,3-6,9-10H2,1-2H3,(H,23,28)/t18-/m1/s1. The van der Waals surface area contributed by atoms with E-state index in [9.17, 15) is 13.6 Å². The van der Waals surface area contributed by atoms with Gasteiger partial charge in [0.1, 0.15) is 6.61 Å². The zero-order valence-corrected chi connectivity index (χ0v) is 16.8. The van der Waals surface area contributed by atoms with Crippen LogP contribution in [-0.2, 0) is 14.3 Å². The zero-order valence-electron chi connectivity index (χ0n) is 16.0. The fourth-order valence-electron chi connectivity index (χ4n) is 3.86. The number of halogens is 2. The number of ether oxygens (including phenoxy) is 2. The van der Waals surface area contributed by atoms with E-state index in [1.54, 1.807) is 0 Å². The van der Waals surface area contributed by atoms with Gasteiger partial charge in [0.2, 0.25) is 0 Å². The number of carbonyl (C=O) groups excluding carboxylic acids is 1. The molecule has 1 aromatic rings. The largest absolute Gasteiger partial charge is 0.460 e. The van der Waals surface area contributed by atoms with Gasteiger partial charge in [-0.05, 0) is 49.7 Å². The summed E-state index contributed by atoms with van der Waals surface area (Å²) in [4.78, 5) is 14.8. The fraction of sp³-hybridized carbons (Fsp3) is 0.500. The molecule has 3 rings (SSSR count). The number of thiocarbonyl (C=S) groups is 1. The van der Waals surface area contributed by atoms with Gasteiger partial charge in [-0.1, -0.05) is 18.9 Å². The quantitative estimate of drug-likeness (QED) is 0.439. The first-order valence-electron chi connectivity index (χ1n) is 9.35. The molecule has 0 saturated heterocycles. The molecule has 0 bridgehead atoms. The number of allylic oxidation sites excluding steroid dienone is 1. The van der Waals surface area contributed by atoms with E-state index < -0.39 is 23.6 Å². The van der Waals surface area contributed by atoms with Crippen LogP contribution in [0.1, 0.15) is 44.2 Å². The first-order chi connectivity index (χ1) is 13.4. The van der Waals surface area contributed by atoms with Crippen LogP contribution in [0.2, 0.25) is 0 Å². The Morgan fingerprint density at radius 2 is 1.96 bits per heavy atom. The summed E-state index contributed by atoms with van der Waals surface area (Å²) in [6.07, 6.45) is 4.19. The van der Waals surface area contributed by atoms with Crippen molar-refractivity contribution in [1.82, 2.24) is 10.2 Å². The van der Waals surface area contributed by atoms with E-state index in [1.807, 2.05) is 11.8 Å². The molecule has 0 aromatic heterocycles. The molecule has 2 aliphatic rings. The highest BCUT2D eigenvalue weighted by Crippen LogP contribution is 2.36. The third-order valence-electron chi connectivity index (χ3n) is 5.23. The van der Waals surface area contributed by atoms with E-state index in [4.69, 9.17) is 21.7 Å². The van der Waals surface area contributed by atoms with Crippen LogP contribution in [0, 0.1) is 11.6 Å². The minimum atomic E-state index is -0.979. The van der Waals surface area contributed by atoms with Gasteiger partial charge in [-0.25, -0.2) is 13.6 Å². The van der Waals surface area contributed by atoms with Crippen molar-refractivity contribution < 1.29 is 23.0 Å². The molecule has 8 heteroatoms. The van der Waals surface area contributed by atoms with E-state index in [-0.39, 0.29) is 19.3 Å². The first kappa shape index (κ1) is 20.7. The normalized spacial score (nSPS) is 20.5. The number of nitrogens with zero attached hydrogens (tertiary/aromatic N) is 1.